The van der Waals surface area contributed by atoms with Gasteiger partial charge in [-0.3, -0.25) is 0 Å². The molecule has 1 aliphatic carbocycles. The summed E-state index contributed by atoms with van der Waals surface area (Å²) in [6.07, 6.45) is 14.2. The lowest BCUT2D eigenvalue weighted by molar-refractivity contribution is -0.0396. The second kappa shape index (κ2) is 12.1. The van der Waals surface area contributed by atoms with Gasteiger partial charge in [0.05, 0.1) is 18.8 Å². The van der Waals surface area contributed by atoms with E-state index in [1.165, 1.54) is 37.7 Å². The molecule has 0 spiro atoms. The molecule has 0 bridgehead atoms. The van der Waals surface area contributed by atoms with Crippen molar-refractivity contribution >= 4 is 22.4 Å². The Bertz CT molecular complexity index is 1260. The molecule has 1 N–H and O–H groups in total. The van der Waals surface area contributed by atoms with Crippen molar-refractivity contribution in [1.29, 1.82) is 0 Å². The van der Waals surface area contributed by atoms with Gasteiger partial charge in [-0.05, 0) is 50.2 Å². The van der Waals surface area contributed by atoms with Crippen LogP contribution in [0.2, 0.25) is 0 Å². The van der Waals surface area contributed by atoms with Crippen molar-refractivity contribution in [2.45, 2.75) is 70.5 Å². The topological polar surface area (TPSA) is 87.5 Å². The Labute approximate surface area is 234 Å². The quantitative estimate of drug-likeness (QED) is 0.389. The number of aromatic nitrogens is 4. The molecule has 6 rings (SSSR count). The van der Waals surface area contributed by atoms with Crippen LogP contribution in [0.25, 0.3) is 21.7 Å². The molecule has 0 amide bonds. The second-order valence-corrected chi connectivity index (χ2v) is 12.0. The van der Waals surface area contributed by atoms with Crippen molar-refractivity contribution in [2.75, 3.05) is 42.6 Å². The van der Waals surface area contributed by atoms with Gasteiger partial charge in [0.1, 0.15) is 5.01 Å². The Kier molecular flexibility index (Phi) is 8.18. The summed E-state index contributed by atoms with van der Waals surface area (Å²) in [6, 6.07) is 8.39. The van der Waals surface area contributed by atoms with Crippen LogP contribution in [-0.2, 0) is 4.74 Å². The van der Waals surface area contributed by atoms with Gasteiger partial charge < -0.3 is 19.6 Å². The van der Waals surface area contributed by atoms with Gasteiger partial charge in [-0.15, -0.1) is 10.2 Å². The summed E-state index contributed by atoms with van der Waals surface area (Å²) in [5.41, 5.74) is 5.52. The summed E-state index contributed by atoms with van der Waals surface area (Å²) in [4.78, 5) is 13.9. The minimum Gasteiger partial charge on any atom is -0.392 e. The highest BCUT2D eigenvalue weighted by molar-refractivity contribution is 7.18. The Balaban J connectivity index is 1.04. The number of hydrogen-bond acceptors (Lipinski definition) is 9. The summed E-state index contributed by atoms with van der Waals surface area (Å²) in [6.45, 7) is 5.80. The van der Waals surface area contributed by atoms with Gasteiger partial charge in [0.15, 0.2) is 0 Å². The van der Waals surface area contributed by atoms with Crippen molar-refractivity contribution in [2.24, 2.45) is 0 Å². The average molecular weight is 547 g/mol. The molecular formula is C30H38N6O2S. The highest BCUT2D eigenvalue weighted by Crippen LogP contribution is 2.33. The monoisotopic (exact) mass is 546 g/mol. The standard InChI is InChI=1S/C30H38N6O2S/c1-21-19-36(14-11-24(21)20-37)30-34-33-28(39-30)23-9-7-22(8-10-23)25-17-31-29(32-18-25)35-15-12-27(13-16-35)38-26-5-3-2-4-6-26/h7-10,17-18,26-27,37H,2-6,11-16,19-20H2,1H3. The van der Waals surface area contributed by atoms with Gasteiger partial charge in [-0.1, -0.05) is 60.4 Å². The van der Waals surface area contributed by atoms with Crippen LogP contribution >= 0.6 is 11.3 Å². The number of benzene rings is 1. The van der Waals surface area contributed by atoms with Crippen molar-refractivity contribution in [3.63, 3.8) is 0 Å². The van der Waals surface area contributed by atoms with Gasteiger partial charge in [-0.2, -0.15) is 0 Å². The minimum atomic E-state index is 0.148. The van der Waals surface area contributed by atoms with Gasteiger partial charge in [0.2, 0.25) is 11.1 Å². The molecule has 0 unspecified atom stereocenters. The number of nitrogens with zero attached hydrogens (tertiary/aromatic N) is 6. The number of rotatable bonds is 7. The van der Waals surface area contributed by atoms with Crippen LogP contribution < -0.4 is 9.80 Å². The maximum atomic E-state index is 9.49. The van der Waals surface area contributed by atoms with E-state index < -0.39 is 0 Å². The zero-order valence-corrected chi connectivity index (χ0v) is 23.6. The number of aliphatic hydroxyl groups is 1. The first-order chi connectivity index (χ1) is 19.2. The second-order valence-electron chi connectivity index (χ2n) is 11.0. The van der Waals surface area contributed by atoms with Crippen molar-refractivity contribution in [3.05, 3.63) is 47.8 Å². The Morgan fingerprint density at radius 1 is 0.846 bits per heavy atom. The fraction of sp³-hybridized carbons (Fsp3) is 0.533. The number of hydrogen-bond donors (Lipinski definition) is 1. The highest BCUT2D eigenvalue weighted by Gasteiger charge is 2.25. The molecule has 2 fully saturated rings. The molecule has 1 aromatic carbocycles. The predicted octanol–water partition coefficient (Wildman–Crippen LogP) is 5.50. The molecule has 2 aliphatic heterocycles. The van der Waals surface area contributed by atoms with E-state index in [0.717, 1.165) is 83.8 Å². The summed E-state index contributed by atoms with van der Waals surface area (Å²) in [5.74, 6) is 0.807. The molecule has 3 aromatic rings. The first-order valence-electron chi connectivity index (χ1n) is 14.4. The molecule has 2 aromatic heterocycles. The minimum absolute atomic E-state index is 0.148. The number of ether oxygens (including phenoxy) is 1. The first-order valence-corrected chi connectivity index (χ1v) is 15.2. The third-order valence-corrected chi connectivity index (χ3v) is 9.39. The van der Waals surface area contributed by atoms with Crippen LogP contribution in [0.15, 0.2) is 47.8 Å². The van der Waals surface area contributed by atoms with Crippen LogP contribution in [0.4, 0.5) is 11.1 Å². The zero-order valence-electron chi connectivity index (χ0n) is 22.8. The third-order valence-electron chi connectivity index (χ3n) is 8.36. The molecule has 206 valence electrons. The molecule has 0 radical (unpaired) electrons. The maximum Gasteiger partial charge on any atom is 0.225 e. The van der Waals surface area contributed by atoms with Gasteiger partial charge in [0, 0.05) is 49.7 Å². The molecule has 4 heterocycles. The van der Waals surface area contributed by atoms with E-state index in [1.807, 2.05) is 12.4 Å². The van der Waals surface area contributed by atoms with Crippen LogP contribution in [-0.4, -0.2) is 70.3 Å². The van der Waals surface area contributed by atoms with Crippen molar-refractivity contribution in [3.8, 4) is 21.7 Å². The maximum absolute atomic E-state index is 9.49. The van der Waals surface area contributed by atoms with Crippen LogP contribution in [0, 0.1) is 0 Å². The average Bonchev–Trinajstić information content (AvgIpc) is 3.49. The van der Waals surface area contributed by atoms with Gasteiger partial charge in [0.25, 0.3) is 0 Å². The van der Waals surface area contributed by atoms with E-state index in [2.05, 4.69) is 51.2 Å². The van der Waals surface area contributed by atoms with Crippen LogP contribution in [0.5, 0.6) is 0 Å². The molecule has 0 atom stereocenters. The summed E-state index contributed by atoms with van der Waals surface area (Å²) < 4.78 is 6.39. The normalized spacial score (nSPS) is 19.6. The van der Waals surface area contributed by atoms with Crippen LogP contribution in [0.1, 0.15) is 58.3 Å². The molecular weight excluding hydrogens is 508 g/mol. The fourth-order valence-electron chi connectivity index (χ4n) is 5.90. The molecule has 39 heavy (non-hydrogen) atoms. The summed E-state index contributed by atoms with van der Waals surface area (Å²) in [7, 11) is 0. The molecule has 1 saturated heterocycles. The molecule has 3 aliphatic rings. The Morgan fingerprint density at radius 2 is 1.54 bits per heavy atom. The summed E-state index contributed by atoms with van der Waals surface area (Å²) in [5, 5.41) is 20.2. The molecule has 1 saturated carbocycles. The van der Waals surface area contributed by atoms with Crippen molar-refractivity contribution < 1.29 is 9.84 Å². The largest absolute Gasteiger partial charge is 0.392 e. The van der Waals surface area contributed by atoms with Crippen LogP contribution in [0.3, 0.4) is 0 Å². The van der Waals surface area contributed by atoms with E-state index in [0.29, 0.717) is 12.2 Å². The van der Waals surface area contributed by atoms with Gasteiger partial charge in [-0.25, -0.2) is 9.97 Å². The fourth-order valence-corrected chi connectivity index (χ4v) is 6.78. The lowest BCUT2D eigenvalue weighted by Gasteiger charge is -2.34. The lowest BCUT2D eigenvalue weighted by atomic mass is 9.97. The van der Waals surface area contributed by atoms with E-state index in [-0.39, 0.29) is 6.61 Å². The first kappa shape index (κ1) is 26.3. The van der Waals surface area contributed by atoms with E-state index >= 15 is 0 Å². The SMILES string of the molecule is CC1=C(CO)CCN(c2nnc(-c3ccc(-c4cnc(N5CCC(OC6CCCCC6)CC5)nc4)cc3)s2)C1. The number of anilines is 2. The Hall–Kier alpha value is -2.88. The Morgan fingerprint density at radius 3 is 2.23 bits per heavy atom. The lowest BCUT2D eigenvalue weighted by Crippen LogP contribution is -2.39. The van der Waals surface area contributed by atoms with Gasteiger partial charge >= 0.3 is 0 Å². The third kappa shape index (κ3) is 6.15. The van der Waals surface area contributed by atoms with Crippen molar-refractivity contribution in [1.82, 2.24) is 20.2 Å². The van der Waals surface area contributed by atoms with E-state index in [9.17, 15) is 5.11 Å². The van der Waals surface area contributed by atoms with E-state index in [1.54, 1.807) is 11.3 Å². The van der Waals surface area contributed by atoms with E-state index in [4.69, 9.17) is 14.7 Å². The smallest absolute Gasteiger partial charge is 0.225 e. The number of aliphatic hydroxyl groups excluding tert-OH is 1. The summed E-state index contributed by atoms with van der Waals surface area (Å²) >= 11 is 1.61. The molecule has 9 heteroatoms. The molecule has 8 nitrogen and oxygen atoms in total. The highest BCUT2D eigenvalue weighted by atomic mass is 32.1. The number of piperidine rings is 1. The zero-order chi connectivity index (χ0) is 26.6. The predicted molar refractivity (Wildman–Crippen MR) is 156 cm³/mol.